The van der Waals surface area contributed by atoms with E-state index < -0.39 is 40.7 Å². The molecule has 0 amide bonds. The molecule has 0 saturated heterocycles. The van der Waals surface area contributed by atoms with Gasteiger partial charge in [-0.1, -0.05) is 0 Å². The van der Waals surface area contributed by atoms with E-state index in [1.165, 1.54) is 6.26 Å². The van der Waals surface area contributed by atoms with Gasteiger partial charge in [-0.3, -0.25) is 0 Å². The number of furan rings is 1. The molecule has 0 aliphatic rings. The van der Waals surface area contributed by atoms with Gasteiger partial charge in [-0.25, -0.2) is 13.2 Å². The number of benzene rings is 2. The Labute approximate surface area is 143 Å². The Bertz CT molecular complexity index is 922. The molecule has 3 aromatic rings. The highest BCUT2D eigenvalue weighted by molar-refractivity contribution is 5.64. The second kappa shape index (κ2) is 6.44. The number of hydrogen-bond acceptors (Lipinski definition) is 2. The first-order valence-electron chi connectivity index (χ1n) is 7.25. The molecule has 0 bridgehead atoms. The lowest BCUT2D eigenvalue weighted by molar-refractivity contribution is -0.138. The van der Waals surface area contributed by atoms with E-state index in [9.17, 15) is 26.3 Å². The molecular formula is C18H10F6O2. The van der Waals surface area contributed by atoms with Crippen LogP contribution in [0.5, 0.6) is 11.5 Å². The SMILES string of the molecule is Cc1cc(F)c(Oc2c(F)cc(C(F)(F)F)cc2F)cc1-c1ccco1. The number of halogens is 6. The maximum absolute atomic E-state index is 14.1. The van der Waals surface area contributed by atoms with Gasteiger partial charge in [-0.15, -0.1) is 0 Å². The largest absolute Gasteiger partial charge is 0.464 e. The molecule has 0 fully saturated rings. The average Bonchev–Trinajstić information content (AvgIpc) is 3.05. The normalized spacial score (nSPS) is 11.7. The molecule has 26 heavy (non-hydrogen) atoms. The highest BCUT2D eigenvalue weighted by atomic mass is 19.4. The first kappa shape index (κ1) is 17.9. The fourth-order valence-electron chi connectivity index (χ4n) is 2.36. The lowest BCUT2D eigenvalue weighted by atomic mass is 10.1. The molecule has 2 nitrogen and oxygen atoms in total. The summed E-state index contributed by atoms with van der Waals surface area (Å²) in [4.78, 5) is 0. The summed E-state index contributed by atoms with van der Waals surface area (Å²) in [7, 11) is 0. The van der Waals surface area contributed by atoms with Crippen molar-refractivity contribution < 1.29 is 35.5 Å². The topological polar surface area (TPSA) is 22.4 Å². The third-order valence-electron chi connectivity index (χ3n) is 3.60. The van der Waals surface area contributed by atoms with Crippen LogP contribution in [0.15, 0.2) is 47.1 Å². The minimum Gasteiger partial charge on any atom is -0.464 e. The lowest BCUT2D eigenvalue weighted by Crippen LogP contribution is -2.07. The maximum Gasteiger partial charge on any atom is 0.416 e. The van der Waals surface area contributed by atoms with Gasteiger partial charge in [0.1, 0.15) is 5.76 Å². The average molecular weight is 372 g/mol. The first-order valence-corrected chi connectivity index (χ1v) is 7.25. The number of aryl methyl sites for hydroxylation is 1. The highest BCUT2D eigenvalue weighted by Gasteiger charge is 2.33. The molecule has 0 spiro atoms. The van der Waals surface area contributed by atoms with Gasteiger partial charge in [-0.2, -0.15) is 13.2 Å². The number of ether oxygens (including phenoxy) is 1. The standard InChI is InChI=1S/C18H10F6O2/c1-9-5-12(19)16(8-11(9)15-3-2-4-25-15)26-17-13(20)6-10(7-14(17)21)18(22,23)24/h2-8H,1H3. The quantitative estimate of drug-likeness (QED) is 0.491. The third-order valence-corrected chi connectivity index (χ3v) is 3.60. The van der Waals surface area contributed by atoms with E-state index in [4.69, 9.17) is 9.15 Å². The Hall–Kier alpha value is -2.90. The second-order valence-electron chi connectivity index (χ2n) is 5.44. The van der Waals surface area contributed by atoms with Gasteiger partial charge in [0, 0.05) is 5.56 Å². The molecule has 1 heterocycles. The van der Waals surface area contributed by atoms with Crippen LogP contribution < -0.4 is 4.74 Å². The lowest BCUT2D eigenvalue weighted by Gasteiger charge is -2.13. The fourth-order valence-corrected chi connectivity index (χ4v) is 2.36. The van der Waals surface area contributed by atoms with Crippen molar-refractivity contribution in [3.63, 3.8) is 0 Å². The summed E-state index contributed by atoms with van der Waals surface area (Å²) in [6.07, 6.45) is -3.55. The van der Waals surface area contributed by atoms with Crippen molar-refractivity contribution in [1.29, 1.82) is 0 Å². The van der Waals surface area contributed by atoms with Crippen LogP contribution >= 0.6 is 0 Å². The van der Waals surface area contributed by atoms with Gasteiger partial charge in [0.05, 0.1) is 11.8 Å². The molecule has 3 rings (SSSR count). The minimum atomic E-state index is -4.93. The highest BCUT2D eigenvalue weighted by Crippen LogP contribution is 2.37. The first-order chi connectivity index (χ1) is 12.2. The minimum absolute atomic E-state index is 0.0813. The van der Waals surface area contributed by atoms with Gasteiger partial charge in [0.2, 0.25) is 0 Å². The zero-order chi connectivity index (χ0) is 19.1. The van der Waals surface area contributed by atoms with Gasteiger partial charge < -0.3 is 9.15 Å². The Morgan fingerprint density at radius 2 is 1.58 bits per heavy atom. The Morgan fingerprint density at radius 3 is 2.12 bits per heavy atom. The van der Waals surface area contributed by atoms with Crippen molar-refractivity contribution in [1.82, 2.24) is 0 Å². The molecule has 0 aliphatic heterocycles. The van der Waals surface area contributed by atoms with E-state index in [1.807, 2.05) is 0 Å². The van der Waals surface area contributed by atoms with Crippen molar-refractivity contribution >= 4 is 0 Å². The summed E-state index contributed by atoms with van der Waals surface area (Å²) in [5.74, 6) is -5.46. The van der Waals surface area contributed by atoms with Crippen LogP contribution in [0.4, 0.5) is 26.3 Å². The molecule has 0 atom stereocenters. The van der Waals surface area contributed by atoms with Crippen LogP contribution in [0, 0.1) is 24.4 Å². The molecule has 0 radical (unpaired) electrons. The van der Waals surface area contributed by atoms with E-state index in [2.05, 4.69) is 0 Å². The monoisotopic (exact) mass is 372 g/mol. The number of rotatable bonds is 3. The Balaban J connectivity index is 2.03. The van der Waals surface area contributed by atoms with Crippen LogP contribution in [0.2, 0.25) is 0 Å². The zero-order valence-corrected chi connectivity index (χ0v) is 13.1. The van der Waals surface area contributed by atoms with Gasteiger partial charge >= 0.3 is 6.18 Å². The summed E-state index contributed by atoms with van der Waals surface area (Å²) < 4.78 is 89.8. The third kappa shape index (κ3) is 3.40. The molecule has 0 unspecified atom stereocenters. The van der Waals surface area contributed by atoms with Crippen LogP contribution in [0.3, 0.4) is 0 Å². The predicted molar refractivity (Wildman–Crippen MR) is 80.3 cm³/mol. The van der Waals surface area contributed by atoms with E-state index in [-0.39, 0.29) is 12.1 Å². The van der Waals surface area contributed by atoms with Crippen molar-refractivity contribution in [3.05, 3.63) is 71.2 Å². The second-order valence-corrected chi connectivity index (χ2v) is 5.44. The van der Waals surface area contributed by atoms with Crippen LogP contribution in [-0.2, 0) is 6.18 Å². The summed E-state index contributed by atoms with van der Waals surface area (Å²) in [5.41, 5.74) is -0.641. The van der Waals surface area contributed by atoms with Crippen molar-refractivity contribution in [2.24, 2.45) is 0 Å². The molecular weight excluding hydrogens is 362 g/mol. The van der Waals surface area contributed by atoms with Crippen molar-refractivity contribution in [2.75, 3.05) is 0 Å². The number of alkyl halides is 3. The van der Waals surface area contributed by atoms with Crippen LogP contribution in [0.1, 0.15) is 11.1 Å². The molecule has 0 saturated carbocycles. The summed E-state index contributed by atoms with van der Waals surface area (Å²) in [6.45, 7) is 1.59. The summed E-state index contributed by atoms with van der Waals surface area (Å²) in [5, 5.41) is 0. The van der Waals surface area contributed by atoms with Crippen LogP contribution in [-0.4, -0.2) is 0 Å². The molecule has 0 N–H and O–H groups in total. The van der Waals surface area contributed by atoms with E-state index in [0.717, 1.165) is 12.1 Å². The van der Waals surface area contributed by atoms with Gasteiger partial charge in [0.25, 0.3) is 0 Å². The van der Waals surface area contributed by atoms with E-state index >= 15 is 0 Å². The van der Waals surface area contributed by atoms with Crippen LogP contribution in [0.25, 0.3) is 11.3 Å². The Kier molecular flexibility index (Phi) is 4.43. The van der Waals surface area contributed by atoms with Gasteiger partial charge in [-0.05, 0) is 48.9 Å². The molecule has 0 aliphatic carbocycles. The maximum atomic E-state index is 14.1. The zero-order valence-electron chi connectivity index (χ0n) is 13.1. The summed E-state index contributed by atoms with van der Waals surface area (Å²) in [6, 6.07) is 5.56. The van der Waals surface area contributed by atoms with Crippen molar-refractivity contribution in [2.45, 2.75) is 13.1 Å². The smallest absolute Gasteiger partial charge is 0.416 e. The Morgan fingerprint density at radius 1 is 0.923 bits per heavy atom. The van der Waals surface area contributed by atoms with E-state index in [0.29, 0.717) is 16.9 Å². The predicted octanol–water partition coefficient (Wildman–Crippen LogP) is 6.48. The summed E-state index contributed by atoms with van der Waals surface area (Å²) >= 11 is 0. The molecule has 2 aromatic carbocycles. The van der Waals surface area contributed by atoms with Crippen molar-refractivity contribution in [3.8, 4) is 22.8 Å². The molecule has 8 heteroatoms. The van der Waals surface area contributed by atoms with Gasteiger partial charge in [0.15, 0.2) is 29.0 Å². The number of hydrogen-bond donors (Lipinski definition) is 0. The van der Waals surface area contributed by atoms with E-state index in [1.54, 1.807) is 19.1 Å². The molecule has 1 aromatic heterocycles. The molecule has 136 valence electrons. The fraction of sp³-hybridized carbons (Fsp3) is 0.111.